The first-order valence-corrected chi connectivity index (χ1v) is 8.44. The minimum Gasteiger partial charge on any atom is -0.544 e. The zero-order valence-corrected chi connectivity index (χ0v) is 15.0. The SMILES string of the molecule is COc1ccc(Cl)cc1-c1nnc(S/C(=C/c2cccnc2)C(=O)[O-])o1. The second-order valence-electron chi connectivity index (χ2n) is 4.90. The average Bonchev–Trinajstić information content (AvgIpc) is 3.10. The molecule has 0 spiro atoms. The van der Waals surface area contributed by atoms with E-state index in [-0.39, 0.29) is 16.0 Å². The highest BCUT2D eigenvalue weighted by Gasteiger charge is 2.16. The third-order valence-electron chi connectivity index (χ3n) is 3.18. The summed E-state index contributed by atoms with van der Waals surface area (Å²) in [6, 6.07) is 8.37. The van der Waals surface area contributed by atoms with Gasteiger partial charge in [-0.2, -0.15) is 0 Å². The fraction of sp³-hybridized carbons (Fsp3) is 0.0588. The van der Waals surface area contributed by atoms with E-state index in [1.165, 1.54) is 19.4 Å². The Bertz CT molecular complexity index is 960. The molecule has 9 heteroatoms. The molecular weight excluding hydrogens is 378 g/mol. The predicted octanol–water partition coefficient (Wildman–Crippen LogP) is 2.68. The van der Waals surface area contributed by atoms with Gasteiger partial charge in [-0.3, -0.25) is 4.98 Å². The van der Waals surface area contributed by atoms with E-state index in [4.69, 9.17) is 20.8 Å². The van der Waals surface area contributed by atoms with E-state index in [9.17, 15) is 9.90 Å². The van der Waals surface area contributed by atoms with E-state index < -0.39 is 5.97 Å². The van der Waals surface area contributed by atoms with E-state index in [2.05, 4.69) is 15.2 Å². The Morgan fingerprint density at radius 1 is 1.35 bits per heavy atom. The third-order valence-corrected chi connectivity index (χ3v) is 4.26. The second kappa shape index (κ2) is 8.03. The number of rotatable bonds is 6. The lowest BCUT2D eigenvalue weighted by atomic mass is 10.2. The van der Waals surface area contributed by atoms with Crippen LogP contribution in [0.5, 0.6) is 5.75 Å². The molecule has 2 heterocycles. The zero-order valence-electron chi connectivity index (χ0n) is 13.4. The average molecular weight is 389 g/mol. The molecule has 0 unspecified atom stereocenters. The number of hydrogen-bond acceptors (Lipinski definition) is 8. The topological polar surface area (TPSA) is 101 Å². The summed E-state index contributed by atoms with van der Waals surface area (Å²) in [5, 5.41) is 19.7. The van der Waals surface area contributed by atoms with E-state index in [1.807, 2.05) is 0 Å². The number of halogens is 1. The molecular formula is C17H11ClN3O4S-. The number of nitrogens with zero attached hydrogens (tertiary/aromatic N) is 3. The lowest BCUT2D eigenvalue weighted by Crippen LogP contribution is -2.23. The summed E-state index contributed by atoms with van der Waals surface area (Å²) in [4.78, 5) is 15.2. The van der Waals surface area contributed by atoms with Gasteiger partial charge in [-0.15, -0.1) is 10.2 Å². The van der Waals surface area contributed by atoms with Crippen LogP contribution in [0.15, 0.2) is 57.3 Å². The smallest absolute Gasteiger partial charge is 0.281 e. The van der Waals surface area contributed by atoms with Crippen LogP contribution in [-0.4, -0.2) is 28.3 Å². The minimum atomic E-state index is -1.36. The number of thioether (sulfide) groups is 1. The highest BCUT2D eigenvalue weighted by atomic mass is 35.5. The number of aliphatic carboxylic acids is 1. The molecule has 0 radical (unpaired) electrons. The summed E-state index contributed by atoms with van der Waals surface area (Å²) >= 11 is 6.78. The van der Waals surface area contributed by atoms with Gasteiger partial charge in [0.25, 0.3) is 11.1 Å². The second-order valence-corrected chi connectivity index (χ2v) is 6.33. The molecule has 1 aromatic carbocycles. The molecule has 0 fully saturated rings. The van der Waals surface area contributed by atoms with Gasteiger partial charge in [0.1, 0.15) is 5.75 Å². The molecule has 0 amide bonds. The van der Waals surface area contributed by atoms with Gasteiger partial charge in [-0.05, 0) is 47.7 Å². The highest BCUT2D eigenvalue weighted by molar-refractivity contribution is 8.03. The van der Waals surface area contributed by atoms with Gasteiger partial charge in [0.05, 0.1) is 18.6 Å². The maximum absolute atomic E-state index is 11.4. The normalized spacial score (nSPS) is 11.4. The lowest BCUT2D eigenvalue weighted by Gasteiger charge is -2.06. The Balaban J connectivity index is 1.89. The van der Waals surface area contributed by atoms with Crippen LogP contribution in [0.3, 0.4) is 0 Å². The van der Waals surface area contributed by atoms with Gasteiger partial charge in [0, 0.05) is 22.3 Å². The Hall–Kier alpha value is -2.84. The molecule has 0 aliphatic heterocycles. The lowest BCUT2D eigenvalue weighted by molar-refractivity contribution is -0.298. The van der Waals surface area contributed by atoms with Crippen LogP contribution in [0.25, 0.3) is 17.5 Å². The van der Waals surface area contributed by atoms with Gasteiger partial charge in [-0.25, -0.2) is 0 Å². The Labute approximate surface area is 157 Å². The molecule has 0 bridgehead atoms. The number of hydrogen-bond donors (Lipinski definition) is 0. The molecule has 0 saturated heterocycles. The van der Waals surface area contributed by atoms with Crippen LogP contribution in [0.2, 0.25) is 5.02 Å². The fourth-order valence-corrected chi connectivity index (χ4v) is 2.88. The number of pyridine rings is 1. The summed E-state index contributed by atoms with van der Waals surface area (Å²) in [7, 11) is 1.50. The van der Waals surface area contributed by atoms with Crippen LogP contribution in [-0.2, 0) is 4.79 Å². The number of carboxylic acid groups (broad SMARTS) is 1. The summed E-state index contributed by atoms with van der Waals surface area (Å²) in [6.45, 7) is 0. The monoisotopic (exact) mass is 388 g/mol. The number of carbonyl (C=O) groups is 1. The Morgan fingerprint density at radius 2 is 2.19 bits per heavy atom. The van der Waals surface area contributed by atoms with Crippen molar-refractivity contribution < 1.29 is 19.1 Å². The first-order valence-electron chi connectivity index (χ1n) is 7.25. The molecule has 0 saturated carbocycles. The molecule has 0 atom stereocenters. The maximum atomic E-state index is 11.4. The van der Waals surface area contributed by atoms with Crippen LogP contribution >= 0.6 is 23.4 Å². The Kier molecular flexibility index (Phi) is 5.55. The summed E-state index contributed by atoms with van der Waals surface area (Å²) < 4.78 is 10.8. The number of ether oxygens (including phenoxy) is 1. The van der Waals surface area contributed by atoms with Crippen molar-refractivity contribution in [3.05, 3.63) is 58.2 Å². The van der Waals surface area contributed by atoms with Crippen molar-refractivity contribution >= 4 is 35.4 Å². The molecule has 132 valence electrons. The van der Waals surface area contributed by atoms with Crippen molar-refractivity contribution in [2.24, 2.45) is 0 Å². The number of methoxy groups -OCH3 is 1. The highest BCUT2D eigenvalue weighted by Crippen LogP contribution is 2.34. The summed E-state index contributed by atoms with van der Waals surface area (Å²) in [5.41, 5.74) is 1.11. The van der Waals surface area contributed by atoms with Crippen molar-refractivity contribution in [3.63, 3.8) is 0 Å². The molecule has 0 aliphatic carbocycles. The first-order chi connectivity index (χ1) is 12.6. The van der Waals surface area contributed by atoms with Gasteiger partial charge in [-0.1, -0.05) is 17.7 Å². The first kappa shape index (κ1) is 18.0. The van der Waals surface area contributed by atoms with Crippen LogP contribution in [0.1, 0.15) is 5.56 Å². The predicted molar refractivity (Wildman–Crippen MR) is 94.4 cm³/mol. The molecule has 0 aliphatic rings. The summed E-state index contributed by atoms with van der Waals surface area (Å²) in [5.74, 6) is -0.703. The molecule has 7 nitrogen and oxygen atoms in total. The third kappa shape index (κ3) is 4.22. The quantitative estimate of drug-likeness (QED) is 0.469. The van der Waals surface area contributed by atoms with Gasteiger partial charge in [0.15, 0.2) is 0 Å². The van der Waals surface area contributed by atoms with E-state index in [0.29, 0.717) is 21.9 Å². The van der Waals surface area contributed by atoms with Gasteiger partial charge >= 0.3 is 0 Å². The molecule has 3 rings (SSSR count). The van der Waals surface area contributed by atoms with Crippen molar-refractivity contribution in [1.29, 1.82) is 0 Å². The van der Waals surface area contributed by atoms with Crippen LogP contribution < -0.4 is 9.84 Å². The van der Waals surface area contributed by atoms with E-state index in [1.54, 1.807) is 36.5 Å². The molecule has 0 N–H and O–H groups in total. The van der Waals surface area contributed by atoms with Gasteiger partial charge < -0.3 is 19.1 Å². The molecule has 2 aromatic heterocycles. The number of benzene rings is 1. The van der Waals surface area contributed by atoms with E-state index in [0.717, 1.165) is 11.8 Å². The fourth-order valence-electron chi connectivity index (χ4n) is 2.04. The number of carbonyl (C=O) groups excluding carboxylic acids is 1. The molecule has 3 aromatic rings. The largest absolute Gasteiger partial charge is 0.544 e. The van der Waals surface area contributed by atoms with Crippen molar-refractivity contribution in [2.45, 2.75) is 5.22 Å². The van der Waals surface area contributed by atoms with Crippen LogP contribution in [0, 0.1) is 0 Å². The Morgan fingerprint density at radius 3 is 2.88 bits per heavy atom. The maximum Gasteiger partial charge on any atom is 0.281 e. The minimum absolute atomic E-state index is 0.0429. The standard InChI is InChI=1S/C17H12ClN3O4S/c1-24-13-5-4-11(18)8-12(13)15-20-21-17(25-15)26-14(16(22)23)7-10-3-2-6-19-9-10/h2-9H,1H3,(H,22,23)/p-1/b14-7+. The van der Waals surface area contributed by atoms with Gasteiger partial charge in [0.2, 0.25) is 0 Å². The summed E-state index contributed by atoms with van der Waals surface area (Å²) in [6.07, 6.45) is 4.53. The number of aromatic nitrogens is 3. The van der Waals surface area contributed by atoms with Crippen LogP contribution in [0.4, 0.5) is 0 Å². The molecule has 26 heavy (non-hydrogen) atoms. The number of carboxylic acids is 1. The van der Waals surface area contributed by atoms with Crippen molar-refractivity contribution in [2.75, 3.05) is 7.11 Å². The van der Waals surface area contributed by atoms with Crippen molar-refractivity contribution in [1.82, 2.24) is 15.2 Å². The van der Waals surface area contributed by atoms with Crippen molar-refractivity contribution in [3.8, 4) is 17.2 Å². The zero-order chi connectivity index (χ0) is 18.5. The van der Waals surface area contributed by atoms with E-state index >= 15 is 0 Å².